The van der Waals surface area contributed by atoms with Crippen molar-refractivity contribution in [2.75, 3.05) is 17.9 Å². The molecule has 0 saturated heterocycles. The molecule has 0 atom stereocenters. The van der Waals surface area contributed by atoms with Crippen LogP contribution in [0.3, 0.4) is 0 Å². The lowest BCUT2D eigenvalue weighted by Crippen LogP contribution is -2.14. The summed E-state index contributed by atoms with van der Waals surface area (Å²) in [6.45, 7) is 0.177. The summed E-state index contributed by atoms with van der Waals surface area (Å²) in [6, 6.07) is 9.01. The number of amides is 1. The lowest BCUT2D eigenvalue weighted by molar-refractivity contribution is -0.113. The van der Waals surface area contributed by atoms with Crippen molar-refractivity contribution < 1.29 is 23.1 Å². The van der Waals surface area contributed by atoms with E-state index in [0.29, 0.717) is 28.6 Å². The molecule has 2 heterocycles. The zero-order chi connectivity index (χ0) is 18.8. The summed E-state index contributed by atoms with van der Waals surface area (Å²) in [7, 11) is 0. The Kier molecular flexibility index (Phi) is 4.87. The van der Waals surface area contributed by atoms with Gasteiger partial charge in [0.05, 0.1) is 16.5 Å². The van der Waals surface area contributed by atoms with Crippen molar-refractivity contribution >= 4 is 35.0 Å². The minimum Gasteiger partial charge on any atom is -0.454 e. The number of benzene rings is 2. The summed E-state index contributed by atoms with van der Waals surface area (Å²) in [4.78, 5) is 12.0. The molecule has 0 bridgehead atoms. The molecule has 3 aromatic rings. The van der Waals surface area contributed by atoms with E-state index >= 15 is 0 Å². The zero-order valence-corrected chi connectivity index (χ0v) is 15.1. The largest absolute Gasteiger partial charge is 0.454 e. The molecule has 0 aliphatic carbocycles. The van der Waals surface area contributed by atoms with E-state index in [-0.39, 0.29) is 28.7 Å². The molecule has 1 aliphatic heterocycles. The molecule has 0 fully saturated rings. The Bertz CT molecular complexity index is 1010. The first-order chi connectivity index (χ1) is 13.1. The van der Waals surface area contributed by atoms with Gasteiger partial charge in [0.1, 0.15) is 5.82 Å². The lowest BCUT2D eigenvalue weighted by Gasteiger charge is -2.06. The van der Waals surface area contributed by atoms with E-state index in [0.717, 1.165) is 17.8 Å². The quantitative estimate of drug-likeness (QED) is 0.640. The maximum atomic E-state index is 13.0. The summed E-state index contributed by atoms with van der Waals surface area (Å²) >= 11 is 6.95. The van der Waals surface area contributed by atoms with E-state index in [4.69, 9.17) is 25.5 Å². The van der Waals surface area contributed by atoms with Gasteiger partial charge in [-0.25, -0.2) is 4.39 Å². The summed E-state index contributed by atoms with van der Waals surface area (Å²) in [5.74, 6) is 0.777. The standard InChI is InChI=1S/C17H11ClFN3O4S/c18-11-6-10(19)2-3-12(11)20-15(23)7-27-17-22-21-16(26-17)9-1-4-13-14(5-9)25-8-24-13/h1-6H,7-8H2,(H,20,23). The molecular weight excluding hydrogens is 397 g/mol. The molecule has 10 heteroatoms. The molecular formula is C17H11ClFN3O4S. The molecule has 0 unspecified atom stereocenters. The molecule has 1 N–H and O–H groups in total. The number of thioether (sulfide) groups is 1. The van der Waals surface area contributed by atoms with Gasteiger partial charge in [0.25, 0.3) is 5.22 Å². The van der Waals surface area contributed by atoms with E-state index in [1.807, 2.05) is 0 Å². The molecule has 0 saturated carbocycles. The zero-order valence-electron chi connectivity index (χ0n) is 13.6. The van der Waals surface area contributed by atoms with Crippen LogP contribution in [0.4, 0.5) is 10.1 Å². The molecule has 2 aromatic carbocycles. The average molecular weight is 408 g/mol. The van der Waals surface area contributed by atoms with Gasteiger partial charge in [-0.05, 0) is 36.4 Å². The second kappa shape index (κ2) is 7.45. The summed E-state index contributed by atoms with van der Waals surface area (Å²) in [5, 5.41) is 10.8. The van der Waals surface area contributed by atoms with Crippen LogP contribution >= 0.6 is 23.4 Å². The Hall–Kier alpha value is -2.78. The number of hydrogen-bond donors (Lipinski definition) is 1. The maximum Gasteiger partial charge on any atom is 0.277 e. The van der Waals surface area contributed by atoms with E-state index < -0.39 is 5.82 Å². The first kappa shape index (κ1) is 17.6. The van der Waals surface area contributed by atoms with Crippen LogP contribution < -0.4 is 14.8 Å². The highest BCUT2D eigenvalue weighted by Gasteiger charge is 2.17. The first-order valence-corrected chi connectivity index (χ1v) is 9.06. The summed E-state index contributed by atoms with van der Waals surface area (Å²) < 4.78 is 29.2. The summed E-state index contributed by atoms with van der Waals surface area (Å²) in [5.41, 5.74) is 1.01. The van der Waals surface area contributed by atoms with Gasteiger partial charge in [-0.3, -0.25) is 4.79 Å². The van der Waals surface area contributed by atoms with Crippen LogP contribution in [-0.4, -0.2) is 28.7 Å². The lowest BCUT2D eigenvalue weighted by atomic mass is 10.2. The number of rotatable bonds is 5. The third-order valence-electron chi connectivity index (χ3n) is 3.56. The van der Waals surface area contributed by atoms with Crippen molar-refractivity contribution in [2.45, 2.75) is 5.22 Å². The van der Waals surface area contributed by atoms with Crippen LogP contribution in [0.5, 0.6) is 11.5 Å². The van der Waals surface area contributed by atoms with Gasteiger partial charge in [-0.2, -0.15) is 0 Å². The normalized spacial score (nSPS) is 12.2. The van der Waals surface area contributed by atoms with E-state index in [1.165, 1.54) is 12.1 Å². The average Bonchev–Trinajstić information content (AvgIpc) is 3.30. The number of aromatic nitrogens is 2. The second-order valence-corrected chi connectivity index (χ2v) is 6.74. The van der Waals surface area contributed by atoms with Crippen LogP contribution in [0.2, 0.25) is 5.02 Å². The van der Waals surface area contributed by atoms with E-state index in [9.17, 15) is 9.18 Å². The predicted molar refractivity (Wildman–Crippen MR) is 96.6 cm³/mol. The van der Waals surface area contributed by atoms with Crippen molar-refractivity contribution in [3.8, 4) is 23.0 Å². The molecule has 1 aliphatic rings. The van der Waals surface area contributed by atoms with Gasteiger partial charge in [0.2, 0.25) is 18.6 Å². The monoisotopic (exact) mass is 407 g/mol. The maximum absolute atomic E-state index is 13.0. The number of hydrogen-bond acceptors (Lipinski definition) is 7. The van der Waals surface area contributed by atoms with Crippen LogP contribution in [-0.2, 0) is 4.79 Å². The third-order valence-corrected chi connectivity index (χ3v) is 4.69. The topological polar surface area (TPSA) is 86.5 Å². The molecule has 7 nitrogen and oxygen atoms in total. The van der Waals surface area contributed by atoms with Crippen LogP contribution in [0.15, 0.2) is 46.0 Å². The molecule has 138 valence electrons. The third kappa shape index (κ3) is 3.99. The van der Waals surface area contributed by atoms with Gasteiger partial charge in [0, 0.05) is 5.56 Å². The van der Waals surface area contributed by atoms with Crippen LogP contribution in [0.1, 0.15) is 0 Å². The first-order valence-electron chi connectivity index (χ1n) is 7.70. The van der Waals surface area contributed by atoms with E-state index in [1.54, 1.807) is 18.2 Å². The molecule has 1 aromatic heterocycles. The van der Waals surface area contributed by atoms with Crippen molar-refractivity contribution in [3.63, 3.8) is 0 Å². The SMILES string of the molecule is O=C(CSc1nnc(-c2ccc3c(c2)OCO3)o1)Nc1ccc(F)cc1Cl. The fourth-order valence-corrected chi connectivity index (χ4v) is 3.10. The van der Waals surface area contributed by atoms with Crippen molar-refractivity contribution in [1.29, 1.82) is 0 Å². The molecule has 0 spiro atoms. The number of anilines is 1. The predicted octanol–water partition coefficient (Wildman–Crippen LogP) is 3.99. The highest BCUT2D eigenvalue weighted by atomic mass is 35.5. The molecule has 27 heavy (non-hydrogen) atoms. The van der Waals surface area contributed by atoms with Gasteiger partial charge < -0.3 is 19.2 Å². The van der Waals surface area contributed by atoms with Crippen molar-refractivity contribution in [2.24, 2.45) is 0 Å². The second-order valence-electron chi connectivity index (χ2n) is 5.40. The number of carbonyl (C=O) groups is 1. The molecule has 0 radical (unpaired) electrons. The highest BCUT2D eigenvalue weighted by molar-refractivity contribution is 7.99. The fraction of sp³-hybridized carbons (Fsp3) is 0.118. The highest BCUT2D eigenvalue weighted by Crippen LogP contribution is 2.36. The number of nitrogens with one attached hydrogen (secondary N) is 1. The number of carbonyl (C=O) groups excluding carboxylic acids is 1. The van der Waals surface area contributed by atoms with Crippen LogP contribution in [0, 0.1) is 5.82 Å². The molecule has 4 rings (SSSR count). The Morgan fingerprint density at radius 2 is 2.04 bits per heavy atom. The Labute approximate surface area is 161 Å². The molecule has 1 amide bonds. The number of halogens is 2. The number of ether oxygens (including phenoxy) is 2. The number of fused-ring (bicyclic) bond motifs is 1. The van der Waals surface area contributed by atoms with Gasteiger partial charge >= 0.3 is 0 Å². The van der Waals surface area contributed by atoms with Gasteiger partial charge in [0.15, 0.2) is 11.5 Å². The van der Waals surface area contributed by atoms with Gasteiger partial charge in [-0.15, -0.1) is 10.2 Å². The fourth-order valence-electron chi connectivity index (χ4n) is 2.32. The van der Waals surface area contributed by atoms with Crippen LogP contribution in [0.25, 0.3) is 11.5 Å². The van der Waals surface area contributed by atoms with Gasteiger partial charge in [-0.1, -0.05) is 23.4 Å². The Morgan fingerprint density at radius 3 is 2.89 bits per heavy atom. The Balaban J connectivity index is 1.37. The Morgan fingerprint density at radius 1 is 1.19 bits per heavy atom. The van der Waals surface area contributed by atoms with Crippen molar-refractivity contribution in [1.82, 2.24) is 10.2 Å². The van der Waals surface area contributed by atoms with E-state index in [2.05, 4.69) is 15.5 Å². The minimum atomic E-state index is -0.478. The minimum absolute atomic E-state index is 0.0243. The van der Waals surface area contributed by atoms with Crippen molar-refractivity contribution in [3.05, 3.63) is 47.2 Å². The smallest absolute Gasteiger partial charge is 0.277 e. The number of nitrogens with zero attached hydrogens (tertiary/aromatic N) is 2. The summed E-state index contributed by atoms with van der Waals surface area (Å²) in [6.07, 6.45) is 0.